The fourth-order valence-electron chi connectivity index (χ4n) is 0.577. The van der Waals surface area contributed by atoms with Crippen molar-refractivity contribution >= 4 is 11.8 Å². The Bertz CT molecular complexity index is 33.9. The summed E-state index contributed by atoms with van der Waals surface area (Å²) in [6.45, 7) is 10.7. The molecule has 0 aromatic carbocycles. The molecule has 0 amide bonds. The monoisotopic (exact) mass is 178 g/mol. The van der Waals surface area contributed by atoms with Crippen molar-refractivity contribution < 1.29 is 0 Å². The summed E-state index contributed by atoms with van der Waals surface area (Å²) in [6.07, 6.45) is 6.79. The number of hydrogen-bond acceptors (Lipinski definition) is 1. The Morgan fingerprint density at radius 1 is 1.09 bits per heavy atom. The Labute approximate surface area is 78.2 Å². The predicted octanol–water partition coefficient (Wildman–Crippen LogP) is 4.45. The maximum absolute atomic E-state index is 2.25. The standard InChI is InChI=1S/C6H14.C2H6S.C2H6/c1-4-5-6(2)3;1-3-2;1-2/h6H,4-5H2,1-3H3;1-2H3;1-2H3. The molecular formula is C10H26S. The predicted molar refractivity (Wildman–Crippen MR) is 60.5 cm³/mol. The summed E-state index contributed by atoms with van der Waals surface area (Å²) in [6, 6.07) is 0. The van der Waals surface area contributed by atoms with Gasteiger partial charge in [-0.05, 0) is 18.4 Å². The van der Waals surface area contributed by atoms with Gasteiger partial charge in [0.1, 0.15) is 0 Å². The molecule has 72 valence electrons. The van der Waals surface area contributed by atoms with Gasteiger partial charge >= 0.3 is 0 Å². The molecule has 0 aliphatic heterocycles. The second-order valence-corrected chi connectivity index (χ2v) is 3.41. The highest BCUT2D eigenvalue weighted by Crippen LogP contribution is 2.00. The van der Waals surface area contributed by atoms with Crippen LogP contribution in [-0.2, 0) is 0 Å². The number of rotatable bonds is 2. The van der Waals surface area contributed by atoms with E-state index in [1.165, 1.54) is 12.8 Å². The van der Waals surface area contributed by atoms with E-state index in [4.69, 9.17) is 0 Å². The third-order valence-corrected chi connectivity index (χ3v) is 0.866. The van der Waals surface area contributed by atoms with E-state index in [2.05, 4.69) is 20.8 Å². The molecule has 0 saturated carbocycles. The van der Waals surface area contributed by atoms with Crippen LogP contribution in [0.1, 0.15) is 47.5 Å². The second-order valence-electron chi connectivity index (χ2n) is 2.59. The van der Waals surface area contributed by atoms with Crippen LogP contribution in [0.25, 0.3) is 0 Å². The molecule has 0 heterocycles. The fraction of sp³-hybridized carbons (Fsp3) is 1.00. The largest absolute Gasteiger partial charge is 0.169 e. The highest BCUT2D eigenvalue weighted by molar-refractivity contribution is 7.97. The molecular weight excluding hydrogens is 152 g/mol. The first kappa shape index (κ1) is 17.4. The van der Waals surface area contributed by atoms with E-state index in [1.54, 1.807) is 11.8 Å². The van der Waals surface area contributed by atoms with Crippen molar-refractivity contribution in [2.24, 2.45) is 5.92 Å². The molecule has 0 saturated heterocycles. The van der Waals surface area contributed by atoms with Crippen LogP contribution in [0.4, 0.5) is 0 Å². The maximum Gasteiger partial charge on any atom is -0.0187 e. The lowest BCUT2D eigenvalue weighted by atomic mass is 10.1. The Morgan fingerprint density at radius 3 is 1.36 bits per heavy atom. The molecule has 11 heavy (non-hydrogen) atoms. The van der Waals surface area contributed by atoms with Crippen LogP contribution in [0.3, 0.4) is 0 Å². The highest BCUT2D eigenvalue weighted by atomic mass is 32.2. The first-order valence-corrected chi connectivity index (χ1v) is 6.22. The zero-order chi connectivity index (χ0) is 9.70. The van der Waals surface area contributed by atoms with Gasteiger partial charge in [-0.15, -0.1) is 0 Å². The summed E-state index contributed by atoms with van der Waals surface area (Å²) in [7, 11) is 0. The molecule has 0 aromatic heterocycles. The maximum atomic E-state index is 2.25. The van der Waals surface area contributed by atoms with Crippen LogP contribution in [0.2, 0.25) is 0 Å². The summed E-state index contributed by atoms with van der Waals surface area (Å²) in [5.41, 5.74) is 0. The lowest BCUT2D eigenvalue weighted by Gasteiger charge is -1.95. The van der Waals surface area contributed by atoms with Gasteiger partial charge in [-0.1, -0.05) is 47.5 Å². The summed E-state index contributed by atoms with van der Waals surface area (Å²) < 4.78 is 0. The van der Waals surface area contributed by atoms with Crippen LogP contribution in [0.5, 0.6) is 0 Å². The van der Waals surface area contributed by atoms with Gasteiger partial charge in [-0.3, -0.25) is 0 Å². The van der Waals surface area contributed by atoms with Gasteiger partial charge in [-0.2, -0.15) is 11.8 Å². The average Bonchev–Trinajstić information content (AvgIpc) is 1.93. The fourth-order valence-corrected chi connectivity index (χ4v) is 0.577. The molecule has 0 radical (unpaired) electrons. The normalized spacial score (nSPS) is 7.64. The van der Waals surface area contributed by atoms with E-state index in [9.17, 15) is 0 Å². The molecule has 0 N–H and O–H groups in total. The molecule has 0 fully saturated rings. The summed E-state index contributed by atoms with van der Waals surface area (Å²) in [4.78, 5) is 0. The van der Waals surface area contributed by atoms with Crippen LogP contribution < -0.4 is 0 Å². The van der Waals surface area contributed by atoms with Crippen LogP contribution in [0.15, 0.2) is 0 Å². The van der Waals surface area contributed by atoms with Gasteiger partial charge in [0, 0.05) is 0 Å². The Balaban J connectivity index is -0.000000109. The summed E-state index contributed by atoms with van der Waals surface area (Å²) in [5.74, 6) is 0.898. The van der Waals surface area contributed by atoms with E-state index in [-0.39, 0.29) is 0 Å². The first-order valence-electron chi connectivity index (χ1n) is 4.59. The summed E-state index contributed by atoms with van der Waals surface area (Å²) >= 11 is 1.75. The van der Waals surface area contributed by atoms with Crippen molar-refractivity contribution in [3.63, 3.8) is 0 Å². The van der Waals surface area contributed by atoms with Gasteiger partial charge in [0.25, 0.3) is 0 Å². The molecule has 0 rings (SSSR count). The van der Waals surface area contributed by atoms with Crippen LogP contribution >= 0.6 is 11.8 Å². The number of thioether (sulfide) groups is 1. The van der Waals surface area contributed by atoms with Crippen molar-refractivity contribution in [1.82, 2.24) is 0 Å². The SMILES string of the molecule is CC.CCCC(C)C.CSC. The van der Waals surface area contributed by atoms with Gasteiger partial charge in [0.15, 0.2) is 0 Å². The third-order valence-electron chi connectivity index (χ3n) is 0.866. The van der Waals surface area contributed by atoms with Crippen molar-refractivity contribution in [3.05, 3.63) is 0 Å². The zero-order valence-corrected chi connectivity index (χ0v) is 10.2. The van der Waals surface area contributed by atoms with E-state index >= 15 is 0 Å². The van der Waals surface area contributed by atoms with Gasteiger partial charge in [0.05, 0.1) is 0 Å². The Hall–Kier alpha value is 0.350. The van der Waals surface area contributed by atoms with E-state index in [1.807, 2.05) is 26.4 Å². The average molecular weight is 178 g/mol. The third kappa shape index (κ3) is 64.3. The quantitative estimate of drug-likeness (QED) is 0.602. The van der Waals surface area contributed by atoms with E-state index < -0.39 is 0 Å². The Kier molecular flexibility index (Phi) is 35.6. The minimum atomic E-state index is 0.898. The van der Waals surface area contributed by atoms with E-state index in [0.29, 0.717) is 0 Å². The number of hydrogen-bond donors (Lipinski definition) is 0. The molecule has 0 aromatic rings. The Morgan fingerprint density at radius 2 is 1.36 bits per heavy atom. The molecule has 0 spiro atoms. The minimum Gasteiger partial charge on any atom is -0.169 e. The molecule has 0 atom stereocenters. The van der Waals surface area contributed by atoms with Gasteiger partial charge in [0.2, 0.25) is 0 Å². The molecule has 0 aliphatic carbocycles. The zero-order valence-electron chi connectivity index (χ0n) is 9.40. The first-order chi connectivity index (χ1) is 5.18. The van der Waals surface area contributed by atoms with E-state index in [0.717, 1.165) is 5.92 Å². The molecule has 1 heteroatoms. The second kappa shape index (κ2) is 22.4. The lowest BCUT2D eigenvalue weighted by molar-refractivity contribution is 0.576. The molecule has 0 nitrogen and oxygen atoms in total. The van der Waals surface area contributed by atoms with Gasteiger partial charge in [-0.25, -0.2) is 0 Å². The minimum absolute atomic E-state index is 0.898. The molecule has 0 aliphatic rings. The topological polar surface area (TPSA) is 0 Å². The highest BCUT2D eigenvalue weighted by Gasteiger charge is 1.85. The smallest absolute Gasteiger partial charge is 0.0187 e. The van der Waals surface area contributed by atoms with Crippen molar-refractivity contribution in [2.45, 2.75) is 47.5 Å². The van der Waals surface area contributed by atoms with Crippen molar-refractivity contribution in [3.8, 4) is 0 Å². The molecule has 0 unspecified atom stereocenters. The van der Waals surface area contributed by atoms with Crippen molar-refractivity contribution in [2.75, 3.05) is 12.5 Å². The molecule has 0 bridgehead atoms. The summed E-state index contributed by atoms with van der Waals surface area (Å²) in [5, 5.41) is 0. The van der Waals surface area contributed by atoms with Gasteiger partial charge < -0.3 is 0 Å². The van der Waals surface area contributed by atoms with Crippen LogP contribution in [0, 0.1) is 5.92 Å². The lowest BCUT2D eigenvalue weighted by Crippen LogP contribution is -1.81. The van der Waals surface area contributed by atoms with Crippen molar-refractivity contribution in [1.29, 1.82) is 0 Å². The van der Waals surface area contributed by atoms with Crippen LogP contribution in [-0.4, -0.2) is 12.5 Å².